The molecule has 0 fully saturated rings. The smallest absolute Gasteiger partial charge is 2.00 e. The molecule has 90 nitrogen and oxygen atoms in total. The molecular formula is Fe5O90-165. The first-order valence-corrected chi connectivity index (χ1v) is 0. The maximum Gasteiger partial charge on any atom is 3.00 e. The Labute approximate surface area is 578 Å². The largest absolute Gasteiger partial charge is 3.00 e. The van der Waals surface area contributed by atoms with Gasteiger partial charge in [0, 0.05) is 0 Å². The van der Waals surface area contributed by atoms with Crippen LogP contribution in [0.2, 0.25) is 0 Å². The van der Waals surface area contributed by atoms with E-state index in [1.165, 1.54) is 0 Å². The molecule has 0 aliphatic rings. The minimum absolute atomic E-state index is 0. The van der Waals surface area contributed by atoms with E-state index in [1.54, 1.807) is 0 Å². The van der Waals surface area contributed by atoms with E-state index in [-0.39, 0.29) is 578 Å². The van der Waals surface area contributed by atoms with Gasteiger partial charge in [0.25, 0.3) is 0 Å². The van der Waals surface area contributed by atoms with E-state index >= 15 is 0 Å². The molecule has 0 saturated heterocycles. The van der Waals surface area contributed by atoms with E-state index < -0.39 is 0 Å². The molecule has 0 heterocycles. The Bertz CT molecular complexity index is 28.3. The second kappa shape index (κ2) is 783000. The molecule has 95 heteroatoms. The van der Waals surface area contributed by atoms with Crippen molar-refractivity contribution in [3.8, 4) is 0 Å². The van der Waals surface area contributed by atoms with Crippen LogP contribution in [-0.4, -0.2) is 0 Å². The first-order valence-electron chi connectivity index (χ1n) is 0. The minimum atomic E-state index is 0. The SMILES string of the molecule is [Fe+3].[Fe+3].[Fe+3].[Fe+3].[Fe+3].[O-2].[O-2].[O-2].[O-2].[O-2].[O-2].[O-2].[O-2].[O-2].[O-2].[O-2].[O-2].[O-2].[O-2].[O-2].[O-2].[O-2].[O-2].[O-2].[O-2].[O-2].[O-2].[O-2].[O-2].[O-2].[O-2].[O-2].[O-2].[O-2].[O-2].[O-2].[O-2].[O-2].[O-2].[O-2].[O-2].[O-2].[O-2].[O-2].[O-2].[O-2].[O-2].[O-2].[O-2].[O-2].[O-2].[O-2].[O-2].[O-2].[O-2].[O-2].[O-2].[O-2].[O-2].[O-2].[O-2].[O-2].[O-2].[O-2].[O-2].[O-2].[O-2].[O-2].[O-2].[O-2].[O-2].[O-2].[O-2].[O-2].[O-2].[O-2].[O-2].[O-2].[O-2].[O-2].[O-2].[O-2].[O-2].[O-2].[O-2].[O-2].[O-2].[O-2].[O-2].[O-2].[O-2].[O-2].[O-2].[O-2].[O-2]. The summed E-state index contributed by atoms with van der Waals surface area (Å²) in [5.41, 5.74) is 0. The van der Waals surface area contributed by atoms with Gasteiger partial charge in [-0.3, -0.25) is 0 Å². The molecule has 0 N–H and O–H groups in total. The van der Waals surface area contributed by atoms with Gasteiger partial charge in [0.2, 0.25) is 0 Å². The summed E-state index contributed by atoms with van der Waals surface area (Å²) in [4.78, 5) is 0. The molecule has 745 valence electrons. The number of rotatable bonds is 0. The monoisotopic (exact) mass is 1720 g/mol. The van der Waals surface area contributed by atoms with Gasteiger partial charge in [-0.1, -0.05) is 0 Å². The summed E-state index contributed by atoms with van der Waals surface area (Å²) < 4.78 is 0. The van der Waals surface area contributed by atoms with Gasteiger partial charge >= 0.3 is 85.3 Å². The van der Waals surface area contributed by atoms with Crippen LogP contribution in [0.25, 0.3) is 0 Å². The zero-order valence-electron chi connectivity index (χ0n) is 38.5. The standard InChI is InChI=1S/5Fe.90O/q5*+3;90*-2. The van der Waals surface area contributed by atoms with Crippen molar-refractivity contribution in [2.45, 2.75) is 0 Å². The second-order valence-electron chi connectivity index (χ2n) is 0. The molecule has 0 aromatic heterocycles. The van der Waals surface area contributed by atoms with Crippen LogP contribution in [0.4, 0.5) is 0 Å². The van der Waals surface area contributed by atoms with Gasteiger partial charge < -0.3 is 493 Å². The van der Waals surface area contributed by atoms with E-state index in [4.69, 9.17) is 0 Å². The molecule has 0 saturated carbocycles. The average molecular weight is 1720 g/mol. The van der Waals surface area contributed by atoms with Crippen LogP contribution in [-0.2, 0) is 578 Å². The average Bonchev–Trinajstić information content (AvgIpc) is 0. The van der Waals surface area contributed by atoms with Crippen molar-refractivity contribution in [1.82, 2.24) is 0 Å². The van der Waals surface area contributed by atoms with E-state index in [2.05, 4.69) is 0 Å². The topological polar surface area (TPSA) is 2560 Å². The summed E-state index contributed by atoms with van der Waals surface area (Å²) in [7, 11) is 0. The van der Waals surface area contributed by atoms with Gasteiger partial charge in [-0.15, -0.1) is 0 Å². The van der Waals surface area contributed by atoms with Crippen LogP contribution in [0.1, 0.15) is 0 Å². The van der Waals surface area contributed by atoms with E-state index in [0.29, 0.717) is 0 Å². The molecule has 0 spiro atoms. The summed E-state index contributed by atoms with van der Waals surface area (Å²) >= 11 is 0. The van der Waals surface area contributed by atoms with Gasteiger partial charge in [-0.25, -0.2) is 0 Å². The third kappa shape index (κ3) is 766000. The molecule has 5 radical (unpaired) electrons. The van der Waals surface area contributed by atoms with Crippen LogP contribution in [0.15, 0.2) is 0 Å². The molecule has 0 atom stereocenters. The Balaban J connectivity index is 0. The summed E-state index contributed by atoms with van der Waals surface area (Å²) in [6.45, 7) is 0. The molecule has 0 rings (SSSR count). The van der Waals surface area contributed by atoms with Crippen molar-refractivity contribution in [3.63, 3.8) is 0 Å². The maximum absolute atomic E-state index is 0. The van der Waals surface area contributed by atoms with E-state index in [9.17, 15) is 0 Å². The van der Waals surface area contributed by atoms with E-state index in [1.807, 2.05) is 0 Å². The number of hydrogen-bond donors (Lipinski definition) is 0. The Morgan fingerprint density at radius 3 is 0.0211 bits per heavy atom. The number of hydrogen-bond acceptors (Lipinski definition) is 0. The molecular weight excluding hydrogens is 1720 g/mol. The predicted octanol–water partition coefficient (Wildman–Crippen LogP) is -10.7. The molecule has 0 aromatic carbocycles. The molecule has 95 heavy (non-hydrogen) atoms. The zero-order valence-corrected chi connectivity index (χ0v) is 44.0. The van der Waals surface area contributed by atoms with Crippen molar-refractivity contribution in [2.75, 3.05) is 0 Å². The van der Waals surface area contributed by atoms with Gasteiger partial charge in [0.05, 0.1) is 0 Å². The van der Waals surface area contributed by atoms with Crippen LogP contribution >= 0.6 is 0 Å². The van der Waals surface area contributed by atoms with Crippen molar-refractivity contribution >= 4 is 0 Å². The summed E-state index contributed by atoms with van der Waals surface area (Å²) in [6, 6.07) is 0. The van der Waals surface area contributed by atoms with Crippen LogP contribution in [0.3, 0.4) is 0 Å². The fourth-order valence-electron chi connectivity index (χ4n) is 0. The molecule has 0 unspecified atom stereocenters. The van der Waals surface area contributed by atoms with Crippen LogP contribution < -0.4 is 0 Å². The minimum Gasteiger partial charge on any atom is -2.00 e. The van der Waals surface area contributed by atoms with Crippen molar-refractivity contribution in [3.05, 3.63) is 0 Å². The Morgan fingerprint density at radius 1 is 0.0211 bits per heavy atom. The molecule has 0 aliphatic carbocycles. The summed E-state index contributed by atoms with van der Waals surface area (Å²) in [6.07, 6.45) is 0. The molecule has 0 aliphatic heterocycles. The first-order chi connectivity index (χ1) is 0. The van der Waals surface area contributed by atoms with Gasteiger partial charge in [-0.05, 0) is 0 Å². The first kappa shape index (κ1) is 809000. The van der Waals surface area contributed by atoms with Crippen molar-refractivity contribution in [2.24, 2.45) is 0 Å². The Morgan fingerprint density at radius 2 is 0.0211 bits per heavy atom. The molecule has 0 aromatic rings. The summed E-state index contributed by atoms with van der Waals surface area (Å²) in [5, 5.41) is 0. The third-order valence-corrected chi connectivity index (χ3v) is 0. The fourth-order valence-corrected chi connectivity index (χ4v) is 0. The fraction of sp³-hybridized carbons (Fsp3) is 0. The summed E-state index contributed by atoms with van der Waals surface area (Å²) in [5.74, 6) is 0. The van der Waals surface area contributed by atoms with Crippen molar-refractivity contribution < 1.29 is 578 Å². The second-order valence-corrected chi connectivity index (χ2v) is 0. The van der Waals surface area contributed by atoms with Crippen LogP contribution in [0.5, 0.6) is 0 Å². The predicted molar refractivity (Wildman–Crippen MR) is 61.8 cm³/mol. The van der Waals surface area contributed by atoms with Crippen LogP contribution in [0, 0.1) is 0 Å². The Kier molecular flexibility index (Phi) is 6670000000. The van der Waals surface area contributed by atoms with Gasteiger partial charge in [0.15, 0.2) is 0 Å². The zero-order chi connectivity index (χ0) is 0. The third-order valence-electron chi connectivity index (χ3n) is 0. The quantitative estimate of drug-likeness (QED) is 0.204. The van der Waals surface area contributed by atoms with E-state index in [0.717, 1.165) is 0 Å². The normalized spacial score (nSPS) is 0. The van der Waals surface area contributed by atoms with Gasteiger partial charge in [-0.2, -0.15) is 0 Å². The van der Waals surface area contributed by atoms with Crippen molar-refractivity contribution in [1.29, 1.82) is 0 Å². The molecule has 0 amide bonds. The molecule has 0 bridgehead atoms. The van der Waals surface area contributed by atoms with Gasteiger partial charge in [0.1, 0.15) is 0 Å². The Hall–Kier alpha value is -1.00. The maximum atomic E-state index is 0.